The number of ketones is 1. The van der Waals surface area contributed by atoms with Crippen LogP contribution in [0.5, 0.6) is 0 Å². The molecular formula is C14H18O. The lowest BCUT2D eigenvalue weighted by atomic mass is 9.87. The second-order valence-electron chi connectivity index (χ2n) is 4.61. The number of carbonyl (C=O) groups excluding carboxylic acids is 1. The molecule has 0 saturated carbocycles. The SMILES string of the molecule is CC(=O)CC(C)(C)/C=C\c1ccccc1. The molecule has 15 heavy (non-hydrogen) atoms. The maximum Gasteiger partial charge on any atom is 0.130 e. The van der Waals surface area contributed by atoms with Gasteiger partial charge in [-0.05, 0) is 17.9 Å². The Morgan fingerprint density at radius 3 is 2.40 bits per heavy atom. The first-order valence-electron chi connectivity index (χ1n) is 5.23. The van der Waals surface area contributed by atoms with Crippen LogP contribution in [0, 0.1) is 5.41 Å². The van der Waals surface area contributed by atoms with Gasteiger partial charge in [0.05, 0.1) is 0 Å². The molecule has 0 saturated heterocycles. The van der Waals surface area contributed by atoms with E-state index in [1.807, 2.05) is 18.2 Å². The van der Waals surface area contributed by atoms with Crippen LogP contribution in [-0.2, 0) is 4.79 Å². The molecule has 0 unspecified atom stereocenters. The minimum Gasteiger partial charge on any atom is -0.300 e. The zero-order chi connectivity index (χ0) is 11.3. The quantitative estimate of drug-likeness (QED) is 0.727. The topological polar surface area (TPSA) is 17.1 Å². The summed E-state index contributed by atoms with van der Waals surface area (Å²) in [6, 6.07) is 10.1. The molecule has 1 heteroatoms. The van der Waals surface area contributed by atoms with Crippen molar-refractivity contribution in [1.82, 2.24) is 0 Å². The standard InChI is InChI=1S/C14H18O/c1-12(15)11-14(2,3)10-9-13-7-5-4-6-8-13/h4-10H,11H2,1-3H3/b10-9-. The molecule has 0 amide bonds. The average Bonchev–Trinajstić information content (AvgIpc) is 2.15. The summed E-state index contributed by atoms with van der Waals surface area (Å²) in [5.74, 6) is 0.234. The Morgan fingerprint density at radius 2 is 1.87 bits per heavy atom. The average molecular weight is 202 g/mol. The lowest BCUT2D eigenvalue weighted by Crippen LogP contribution is -2.11. The normalized spacial score (nSPS) is 11.9. The highest BCUT2D eigenvalue weighted by Crippen LogP contribution is 2.23. The number of hydrogen-bond acceptors (Lipinski definition) is 1. The summed E-state index contributed by atoms with van der Waals surface area (Å²) in [4.78, 5) is 11.0. The Bertz CT molecular complexity index is 347. The van der Waals surface area contributed by atoms with E-state index in [9.17, 15) is 4.79 Å². The third-order valence-electron chi connectivity index (χ3n) is 2.23. The molecule has 0 aliphatic rings. The van der Waals surface area contributed by atoms with Gasteiger partial charge in [-0.25, -0.2) is 0 Å². The number of carbonyl (C=O) groups is 1. The van der Waals surface area contributed by atoms with E-state index in [1.165, 1.54) is 5.56 Å². The summed E-state index contributed by atoms with van der Waals surface area (Å²) < 4.78 is 0. The van der Waals surface area contributed by atoms with Crippen molar-refractivity contribution in [3.05, 3.63) is 42.0 Å². The fourth-order valence-electron chi connectivity index (χ4n) is 1.59. The predicted octanol–water partition coefficient (Wildman–Crippen LogP) is 3.71. The van der Waals surface area contributed by atoms with Crippen molar-refractivity contribution in [3.8, 4) is 0 Å². The molecule has 0 heterocycles. The summed E-state index contributed by atoms with van der Waals surface area (Å²) in [6.45, 7) is 5.79. The Kier molecular flexibility index (Phi) is 3.84. The predicted molar refractivity (Wildman–Crippen MR) is 64.6 cm³/mol. The molecule has 80 valence electrons. The van der Waals surface area contributed by atoms with E-state index in [1.54, 1.807) is 6.92 Å². The molecule has 0 aromatic heterocycles. The van der Waals surface area contributed by atoms with Crippen LogP contribution in [0.1, 0.15) is 32.8 Å². The van der Waals surface area contributed by atoms with Gasteiger partial charge in [-0.15, -0.1) is 0 Å². The molecule has 0 bridgehead atoms. The molecule has 1 rings (SSSR count). The van der Waals surface area contributed by atoms with Crippen LogP contribution >= 0.6 is 0 Å². The highest BCUT2D eigenvalue weighted by atomic mass is 16.1. The van der Waals surface area contributed by atoms with Crippen LogP contribution in [0.3, 0.4) is 0 Å². The van der Waals surface area contributed by atoms with Gasteiger partial charge >= 0.3 is 0 Å². The largest absolute Gasteiger partial charge is 0.300 e. The molecule has 1 aromatic carbocycles. The van der Waals surface area contributed by atoms with Gasteiger partial charge in [0.15, 0.2) is 0 Å². The molecule has 1 aromatic rings. The highest BCUT2D eigenvalue weighted by molar-refractivity contribution is 5.76. The molecule has 0 spiro atoms. The van der Waals surface area contributed by atoms with Crippen molar-refractivity contribution < 1.29 is 4.79 Å². The van der Waals surface area contributed by atoms with Crippen LogP contribution in [0.15, 0.2) is 36.4 Å². The van der Waals surface area contributed by atoms with Gasteiger partial charge in [0.1, 0.15) is 5.78 Å². The van der Waals surface area contributed by atoms with Crippen molar-refractivity contribution in [1.29, 1.82) is 0 Å². The Balaban J connectivity index is 2.68. The Hall–Kier alpha value is -1.37. The van der Waals surface area contributed by atoms with Gasteiger partial charge in [0.25, 0.3) is 0 Å². The van der Waals surface area contributed by atoms with Crippen LogP contribution in [0.25, 0.3) is 6.08 Å². The molecule has 0 aliphatic heterocycles. The van der Waals surface area contributed by atoms with Crippen LogP contribution in [0.4, 0.5) is 0 Å². The van der Waals surface area contributed by atoms with Gasteiger partial charge in [-0.2, -0.15) is 0 Å². The summed E-state index contributed by atoms with van der Waals surface area (Å²) in [6.07, 6.45) is 4.77. The number of hydrogen-bond donors (Lipinski definition) is 0. The van der Waals surface area contributed by atoms with Gasteiger partial charge in [0, 0.05) is 6.42 Å². The molecule has 0 aliphatic carbocycles. The molecular weight excluding hydrogens is 184 g/mol. The minimum atomic E-state index is -0.0539. The van der Waals surface area contributed by atoms with E-state index in [2.05, 4.69) is 38.1 Å². The Morgan fingerprint density at radius 1 is 1.27 bits per heavy atom. The molecule has 0 N–H and O–H groups in total. The smallest absolute Gasteiger partial charge is 0.130 e. The summed E-state index contributed by atoms with van der Waals surface area (Å²) in [5, 5.41) is 0. The summed E-state index contributed by atoms with van der Waals surface area (Å²) >= 11 is 0. The van der Waals surface area contributed by atoms with E-state index >= 15 is 0 Å². The Labute approximate surface area is 91.8 Å². The first-order chi connectivity index (χ1) is 6.99. The molecule has 0 fully saturated rings. The minimum absolute atomic E-state index is 0.0539. The summed E-state index contributed by atoms with van der Waals surface area (Å²) in [5.41, 5.74) is 1.12. The number of allylic oxidation sites excluding steroid dienone is 1. The van der Waals surface area contributed by atoms with E-state index in [0.29, 0.717) is 6.42 Å². The van der Waals surface area contributed by atoms with E-state index in [0.717, 1.165) is 0 Å². The van der Waals surface area contributed by atoms with Crippen LogP contribution in [-0.4, -0.2) is 5.78 Å². The highest BCUT2D eigenvalue weighted by Gasteiger charge is 2.15. The van der Waals surface area contributed by atoms with E-state index in [4.69, 9.17) is 0 Å². The maximum absolute atomic E-state index is 11.0. The summed E-state index contributed by atoms with van der Waals surface area (Å²) in [7, 11) is 0. The van der Waals surface area contributed by atoms with E-state index < -0.39 is 0 Å². The third kappa shape index (κ3) is 4.59. The molecule has 1 nitrogen and oxygen atoms in total. The fourth-order valence-corrected chi connectivity index (χ4v) is 1.59. The van der Waals surface area contributed by atoms with Crippen molar-refractivity contribution in [2.45, 2.75) is 27.2 Å². The van der Waals surface area contributed by atoms with Crippen LogP contribution in [0.2, 0.25) is 0 Å². The second kappa shape index (κ2) is 4.92. The first-order valence-corrected chi connectivity index (χ1v) is 5.23. The fraction of sp³-hybridized carbons (Fsp3) is 0.357. The molecule has 0 atom stereocenters. The van der Waals surface area contributed by atoms with Crippen molar-refractivity contribution in [3.63, 3.8) is 0 Å². The third-order valence-corrected chi connectivity index (χ3v) is 2.23. The van der Waals surface area contributed by atoms with Gasteiger partial charge in [0.2, 0.25) is 0 Å². The molecule has 0 radical (unpaired) electrons. The lowest BCUT2D eigenvalue weighted by molar-refractivity contribution is -0.118. The van der Waals surface area contributed by atoms with Gasteiger partial charge < -0.3 is 0 Å². The van der Waals surface area contributed by atoms with Crippen LogP contribution < -0.4 is 0 Å². The van der Waals surface area contributed by atoms with Crippen molar-refractivity contribution >= 4 is 11.9 Å². The first kappa shape index (κ1) is 11.7. The number of rotatable bonds is 4. The van der Waals surface area contributed by atoms with Gasteiger partial charge in [-0.3, -0.25) is 4.79 Å². The van der Waals surface area contributed by atoms with Gasteiger partial charge in [-0.1, -0.05) is 56.3 Å². The number of Topliss-reactive ketones (excluding diaryl/α,β-unsaturated/α-hetero) is 1. The monoisotopic (exact) mass is 202 g/mol. The zero-order valence-corrected chi connectivity index (χ0v) is 9.66. The zero-order valence-electron chi connectivity index (χ0n) is 9.66. The van der Waals surface area contributed by atoms with E-state index in [-0.39, 0.29) is 11.2 Å². The maximum atomic E-state index is 11.0. The number of benzene rings is 1. The lowest BCUT2D eigenvalue weighted by Gasteiger charge is -2.17. The second-order valence-corrected chi connectivity index (χ2v) is 4.61. The van der Waals surface area contributed by atoms with Crippen molar-refractivity contribution in [2.75, 3.05) is 0 Å². The van der Waals surface area contributed by atoms with Crippen molar-refractivity contribution in [2.24, 2.45) is 5.41 Å².